The van der Waals surface area contributed by atoms with Gasteiger partial charge in [0.15, 0.2) is 0 Å². The van der Waals surface area contributed by atoms with Gasteiger partial charge in [0, 0.05) is 18.2 Å². The van der Waals surface area contributed by atoms with Crippen LogP contribution >= 0.6 is 0 Å². The minimum Gasteiger partial charge on any atom is -0.497 e. The van der Waals surface area contributed by atoms with Crippen molar-refractivity contribution in [3.63, 3.8) is 0 Å². The summed E-state index contributed by atoms with van der Waals surface area (Å²) in [6.45, 7) is -0.0175. The predicted octanol–water partition coefficient (Wildman–Crippen LogP) is 0.0568. The highest BCUT2D eigenvalue weighted by molar-refractivity contribution is 5.42. The number of benzene rings is 1. The van der Waals surface area contributed by atoms with Gasteiger partial charge in [-0.2, -0.15) is 0 Å². The van der Waals surface area contributed by atoms with E-state index in [1.807, 2.05) is 0 Å². The van der Waals surface area contributed by atoms with Crippen molar-refractivity contribution in [2.45, 2.75) is 12.2 Å². The van der Waals surface area contributed by atoms with E-state index in [9.17, 15) is 10.2 Å². The Morgan fingerprint density at radius 2 is 1.94 bits per heavy atom. The van der Waals surface area contributed by atoms with Crippen LogP contribution in [-0.4, -0.2) is 37.1 Å². The van der Waals surface area contributed by atoms with E-state index in [0.29, 0.717) is 17.1 Å². The van der Waals surface area contributed by atoms with Crippen molar-refractivity contribution in [1.29, 1.82) is 0 Å². The molecule has 5 heteroatoms. The number of aliphatic hydroxyl groups is 2. The first kappa shape index (κ1) is 12.8. The molecule has 0 aliphatic carbocycles. The molecule has 0 aliphatic heterocycles. The van der Waals surface area contributed by atoms with Crippen LogP contribution in [0.2, 0.25) is 0 Å². The third-order valence-corrected chi connectivity index (χ3v) is 2.37. The fourth-order valence-corrected chi connectivity index (χ4v) is 1.40. The maximum atomic E-state index is 9.81. The number of ether oxygens (including phenoxy) is 2. The molecule has 5 nitrogen and oxygen atoms in total. The van der Waals surface area contributed by atoms with Gasteiger partial charge >= 0.3 is 0 Å². The summed E-state index contributed by atoms with van der Waals surface area (Å²) >= 11 is 0. The highest BCUT2D eigenvalue weighted by Gasteiger charge is 2.20. The van der Waals surface area contributed by atoms with E-state index in [-0.39, 0.29) is 6.54 Å². The van der Waals surface area contributed by atoms with Gasteiger partial charge in [0.1, 0.15) is 17.6 Å². The molecule has 4 N–H and O–H groups in total. The average Bonchev–Trinajstić information content (AvgIpc) is 2.35. The number of aliphatic hydroxyl groups excluding tert-OH is 2. The lowest BCUT2D eigenvalue weighted by atomic mass is 10.0. The molecule has 0 saturated heterocycles. The topological polar surface area (TPSA) is 84.9 Å². The van der Waals surface area contributed by atoms with Crippen molar-refractivity contribution in [2.24, 2.45) is 5.73 Å². The zero-order chi connectivity index (χ0) is 12.1. The largest absolute Gasteiger partial charge is 0.497 e. The lowest BCUT2D eigenvalue weighted by Crippen LogP contribution is -2.27. The molecule has 0 radical (unpaired) electrons. The lowest BCUT2D eigenvalue weighted by Gasteiger charge is -2.19. The molecule has 0 spiro atoms. The smallest absolute Gasteiger partial charge is 0.128 e. The molecule has 0 bridgehead atoms. The molecule has 0 fully saturated rings. The average molecular weight is 227 g/mol. The second-order valence-corrected chi connectivity index (χ2v) is 3.36. The molecule has 16 heavy (non-hydrogen) atoms. The normalized spacial score (nSPS) is 14.3. The van der Waals surface area contributed by atoms with Crippen LogP contribution in [0.3, 0.4) is 0 Å². The SMILES string of the molecule is COc1ccc(C(O)C(O)CN)c(OC)c1. The molecule has 0 amide bonds. The molecule has 0 aromatic heterocycles. The molecular weight excluding hydrogens is 210 g/mol. The van der Waals surface area contributed by atoms with Crippen LogP contribution in [0, 0.1) is 0 Å². The van der Waals surface area contributed by atoms with Gasteiger partial charge in [-0.1, -0.05) is 0 Å². The molecule has 90 valence electrons. The van der Waals surface area contributed by atoms with Crippen molar-refractivity contribution in [3.8, 4) is 11.5 Å². The Labute approximate surface area is 94.4 Å². The maximum Gasteiger partial charge on any atom is 0.128 e. The first-order chi connectivity index (χ1) is 7.63. The van der Waals surface area contributed by atoms with Gasteiger partial charge < -0.3 is 25.4 Å². The van der Waals surface area contributed by atoms with Gasteiger partial charge in [-0.3, -0.25) is 0 Å². The molecule has 2 atom stereocenters. The fraction of sp³-hybridized carbons (Fsp3) is 0.455. The maximum absolute atomic E-state index is 9.81. The third-order valence-electron chi connectivity index (χ3n) is 2.37. The lowest BCUT2D eigenvalue weighted by molar-refractivity contribution is 0.0229. The molecule has 1 rings (SSSR count). The standard InChI is InChI=1S/C11H17NO4/c1-15-7-3-4-8(10(5-7)16-2)11(14)9(13)6-12/h3-5,9,11,13-14H,6,12H2,1-2H3. The highest BCUT2D eigenvalue weighted by Crippen LogP contribution is 2.30. The zero-order valence-corrected chi connectivity index (χ0v) is 9.38. The molecule has 0 saturated carbocycles. The molecule has 0 aliphatic rings. The monoisotopic (exact) mass is 227 g/mol. The summed E-state index contributed by atoms with van der Waals surface area (Å²) in [5, 5.41) is 19.3. The number of hydrogen-bond acceptors (Lipinski definition) is 5. The summed E-state index contributed by atoms with van der Waals surface area (Å²) in [5.74, 6) is 1.08. The second kappa shape index (κ2) is 5.69. The Morgan fingerprint density at radius 3 is 2.44 bits per heavy atom. The van der Waals surface area contributed by atoms with Crippen molar-refractivity contribution >= 4 is 0 Å². The van der Waals surface area contributed by atoms with E-state index in [4.69, 9.17) is 15.2 Å². The van der Waals surface area contributed by atoms with Gasteiger partial charge in [0.05, 0.1) is 20.3 Å². The summed E-state index contributed by atoms with van der Waals surface area (Å²) in [4.78, 5) is 0. The number of methoxy groups -OCH3 is 2. The van der Waals surface area contributed by atoms with Gasteiger partial charge in [0.2, 0.25) is 0 Å². The predicted molar refractivity (Wildman–Crippen MR) is 59.6 cm³/mol. The van der Waals surface area contributed by atoms with Crippen LogP contribution in [0.5, 0.6) is 11.5 Å². The Bertz CT molecular complexity index is 343. The summed E-state index contributed by atoms with van der Waals surface area (Å²) < 4.78 is 10.1. The fourth-order valence-electron chi connectivity index (χ4n) is 1.40. The third kappa shape index (κ3) is 2.63. The van der Waals surface area contributed by atoms with Gasteiger partial charge in [-0.25, -0.2) is 0 Å². The van der Waals surface area contributed by atoms with Gasteiger partial charge in [-0.15, -0.1) is 0 Å². The Morgan fingerprint density at radius 1 is 1.25 bits per heavy atom. The summed E-state index contributed by atoms with van der Waals surface area (Å²) in [6, 6.07) is 4.97. The second-order valence-electron chi connectivity index (χ2n) is 3.36. The number of nitrogens with two attached hydrogens (primary N) is 1. The molecule has 0 heterocycles. The number of hydrogen-bond donors (Lipinski definition) is 3. The van der Waals surface area contributed by atoms with Gasteiger partial charge in [-0.05, 0) is 12.1 Å². The quantitative estimate of drug-likeness (QED) is 0.662. The van der Waals surface area contributed by atoms with Gasteiger partial charge in [0.25, 0.3) is 0 Å². The Kier molecular flexibility index (Phi) is 4.54. The van der Waals surface area contributed by atoms with Crippen LogP contribution in [0.25, 0.3) is 0 Å². The van der Waals surface area contributed by atoms with Crippen molar-refractivity contribution in [3.05, 3.63) is 23.8 Å². The summed E-state index contributed by atoms with van der Waals surface area (Å²) in [7, 11) is 3.03. The van der Waals surface area contributed by atoms with Crippen LogP contribution in [0.1, 0.15) is 11.7 Å². The van der Waals surface area contributed by atoms with E-state index in [2.05, 4.69) is 0 Å². The van der Waals surface area contributed by atoms with Crippen molar-refractivity contribution in [2.75, 3.05) is 20.8 Å². The van der Waals surface area contributed by atoms with Crippen LogP contribution in [0.15, 0.2) is 18.2 Å². The van der Waals surface area contributed by atoms with Crippen LogP contribution in [0.4, 0.5) is 0 Å². The first-order valence-electron chi connectivity index (χ1n) is 4.92. The van der Waals surface area contributed by atoms with E-state index < -0.39 is 12.2 Å². The van der Waals surface area contributed by atoms with E-state index >= 15 is 0 Å². The Balaban J connectivity index is 3.03. The van der Waals surface area contributed by atoms with Crippen molar-refractivity contribution in [1.82, 2.24) is 0 Å². The number of rotatable bonds is 5. The molecule has 1 aromatic rings. The molecular formula is C11H17NO4. The van der Waals surface area contributed by atoms with Crippen LogP contribution < -0.4 is 15.2 Å². The summed E-state index contributed by atoms with van der Waals surface area (Å²) in [5.41, 5.74) is 5.77. The molecule has 2 unspecified atom stereocenters. The molecule has 1 aromatic carbocycles. The zero-order valence-electron chi connectivity index (χ0n) is 9.38. The van der Waals surface area contributed by atoms with E-state index in [1.165, 1.54) is 7.11 Å². The Hall–Kier alpha value is -1.30. The van der Waals surface area contributed by atoms with E-state index in [1.54, 1.807) is 25.3 Å². The highest BCUT2D eigenvalue weighted by atomic mass is 16.5. The minimum absolute atomic E-state index is 0.0175. The summed E-state index contributed by atoms with van der Waals surface area (Å²) in [6.07, 6.45) is -2.08. The minimum atomic E-state index is -1.06. The van der Waals surface area contributed by atoms with Crippen LogP contribution in [-0.2, 0) is 0 Å². The first-order valence-corrected chi connectivity index (χ1v) is 4.92. The van der Waals surface area contributed by atoms with Crippen molar-refractivity contribution < 1.29 is 19.7 Å². The van der Waals surface area contributed by atoms with E-state index in [0.717, 1.165) is 0 Å².